The fourth-order valence-electron chi connectivity index (χ4n) is 2.89. The summed E-state index contributed by atoms with van der Waals surface area (Å²) in [6.45, 7) is 0.226. The van der Waals surface area contributed by atoms with Crippen LogP contribution >= 0.6 is 0 Å². The van der Waals surface area contributed by atoms with Gasteiger partial charge in [-0.3, -0.25) is 0 Å². The molecule has 127 valence electrons. The van der Waals surface area contributed by atoms with Crippen molar-refractivity contribution in [3.63, 3.8) is 0 Å². The van der Waals surface area contributed by atoms with Crippen molar-refractivity contribution in [2.45, 2.75) is 12.6 Å². The Hall–Kier alpha value is -2.62. The number of rotatable bonds is 7. The van der Waals surface area contributed by atoms with E-state index in [2.05, 4.69) is 17.4 Å². The highest BCUT2D eigenvalue weighted by Gasteiger charge is 2.18. The lowest BCUT2D eigenvalue weighted by molar-refractivity contribution is 0.160. The zero-order chi connectivity index (χ0) is 17.5. The molecule has 0 saturated heterocycles. The Bertz CT molecular complexity index is 784. The summed E-state index contributed by atoms with van der Waals surface area (Å²) < 4.78 is 6.21. The van der Waals surface area contributed by atoms with Crippen molar-refractivity contribution in [2.75, 3.05) is 13.7 Å². The van der Waals surface area contributed by atoms with Crippen LogP contribution in [0.3, 0.4) is 0 Å². The lowest BCUT2D eigenvalue weighted by Gasteiger charge is -2.21. The van der Waals surface area contributed by atoms with Gasteiger partial charge in [0, 0.05) is 11.1 Å². The zero-order valence-corrected chi connectivity index (χ0v) is 14.3. The van der Waals surface area contributed by atoms with Crippen molar-refractivity contribution in [1.29, 1.82) is 0 Å². The summed E-state index contributed by atoms with van der Waals surface area (Å²) in [7, 11) is 1.80. The van der Waals surface area contributed by atoms with E-state index < -0.39 is 0 Å². The maximum absolute atomic E-state index is 11.6. The molecule has 0 spiro atoms. The minimum Gasteiger partial charge on any atom is -0.488 e. The average molecular weight is 332 g/mol. The van der Waals surface area contributed by atoms with Gasteiger partial charge in [-0.2, -0.15) is 0 Å². The Morgan fingerprint density at radius 1 is 0.880 bits per heavy atom. The lowest BCUT2D eigenvalue weighted by atomic mass is 9.97. The van der Waals surface area contributed by atoms with Crippen LogP contribution < -0.4 is 10.1 Å². The molecule has 0 amide bonds. The molecular weight excluding hydrogens is 310 g/mol. The molecule has 3 rings (SSSR count). The highest BCUT2D eigenvalue weighted by atomic mass is 16.5. The maximum atomic E-state index is 11.6. The summed E-state index contributed by atoms with van der Waals surface area (Å²) in [5, 5.41) is 14.7. The SMILES string of the molecule is CNC(C[O])c1cccc(-c2ccccc2)c1OCc1ccccc1. The van der Waals surface area contributed by atoms with Crippen LogP contribution in [-0.4, -0.2) is 13.7 Å². The van der Waals surface area contributed by atoms with Crippen molar-refractivity contribution in [2.24, 2.45) is 0 Å². The van der Waals surface area contributed by atoms with Crippen molar-refractivity contribution in [1.82, 2.24) is 5.32 Å². The number of likely N-dealkylation sites (N-methyl/N-ethyl adjacent to an activating group) is 1. The topological polar surface area (TPSA) is 41.2 Å². The van der Waals surface area contributed by atoms with Crippen LogP contribution in [0.4, 0.5) is 0 Å². The predicted octanol–water partition coefficient (Wildman–Crippen LogP) is 4.62. The summed E-state index contributed by atoms with van der Waals surface area (Å²) in [6.07, 6.45) is 0. The van der Waals surface area contributed by atoms with Gasteiger partial charge in [-0.05, 0) is 18.2 Å². The second-order valence-corrected chi connectivity index (χ2v) is 5.87. The van der Waals surface area contributed by atoms with E-state index in [4.69, 9.17) is 4.74 Å². The van der Waals surface area contributed by atoms with Crippen molar-refractivity contribution < 1.29 is 9.84 Å². The van der Waals surface area contributed by atoms with E-state index in [1.54, 1.807) is 7.05 Å². The number of nitrogens with one attached hydrogen (secondary N) is 1. The van der Waals surface area contributed by atoms with Gasteiger partial charge in [-0.25, -0.2) is 5.11 Å². The third-order valence-corrected chi connectivity index (χ3v) is 4.25. The van der Waals surface area contributed by atoms with Crippen LogP contribution in [0, 0.1) is 0 Å². The summed E-state index contributed by atoms with van der Waals surface area (Å²) >= 11 is 0. The molecule has 0 heterocycles. The van der Waals surface area contributed by atoms with Crippen LogP contribution in [0.25, 0.3) is 11.1 Å². The van der Waals surface area contributed by atoms with E-state index in [0.717, 1.165) is 28.0 Å². The van der Waals surface area contributed by atoms with Crippen molar-refractivity contribution in [3.05, 3.63) is 90.0 Å². The fourth-order valence-corrected chi connectivity index (χ4v) is 2.89. The van der Waals surface area contributed by atoms with Gasteiger partial charge in [0.2, 0.25) is 0 Å². The Kier molecular flexibility index (Phi) is 5.83. The van der Waals surface area contributed by atoms with Gasteiger partial charge in [0.1, 0.15) is 19.0 Å². The van der Waals surface area contributed by atoms with E-state index in [-0.39, 0.29) is 12.6 Å². The molecule has 25 heavy (non-hydrogen) atoms. The highest BCUT2D eigenvalue weighted by Crippen LogP contribution is 2.36. The molecule has 0 bridgehead atoms. The molecule has 3 aromatic rings. The molecule has 3 heteroatoms. The molecule has 0 aliphatic heterocycles. The summed E-state index contributed by atoms with van der Waals surface area (Å²) in [6, 6.07) is 25.9. The second-order valence-electron chi connectivity index (χ2n) is 5.87. The van der Waals surface area contributed by atoms with E-state index in [0.29, 0.717) is 6.61 Å². The molecule has 0 aromatic heterocycles. The normalized spacial score (nSPS) is 11.9. The minimum absolute atomic E-state index is 0.240. The molecule has 0 fully saturated rings. The molecule has 1 unspecified atom stereocenters. The molecule has 0 aliphatic carbocycles. The zero-order valence-electron chi connectivity index (χ0n) is 14.3. The third-order valence-electron chi connectivity index (χ3n) is 4.25. The quantitative estimate of drug-likeness (QED) is 0.686. The summed E-state index contributed by atoms with van der Waals surface area (Å²) in [5.41, 5.74) is 4.07. The van der Waals surface area contributed by atoms with Crippen LogP contribution in [0.2, 0.25) is 0 Å². The molecule has 3 nitrogen and oxygen atoms in total. The first-order chi connectivity index (χ1) is 12.3. The van der Waals surface area contributed by atoms with Gasteiger partial charge in [-0.1, -0.05) is 78.9 Å². The fraction of sp³-hybridized carbons (Fsp3) is 0.182. The first kappa shape index (κ1) is 17.2. The van der Waals surface area contributed by atoms with Crippen molar-refractivity contribution in [3.8, 4) is 16.9 Å². The smallest absolute Gasteiger partial charge is 0.132 e. The van der Waals surface area contributed by atoms with Crippen LogP contribution in [0.5, 0.6) is 5.75 Å². The molecule has 1 N–H and O–H groups in total. The van der Waals surface area contributed by atoms with E-state index in [9.17, 15) is 5.11 Å². The standard InChI is InChI=1S/C22H22NO2/c1-23-21(15-24)20-14-8-13-19(18-11-6-3-7-12-18)22(20)25-16-17-9-4-2-5-10-17/h2-14,21,23H,15-16H2,1H3. The van der Waals surface area contributed by atoms with Gasteiger partial charge in [0.05, 0.1) is 6.04 Å². The number of hydrogen-bond donors (Lipinski definition) is 1. The molecule has 1 radical (unpaired) electrons. The lowest BCUT2D eigenvalue weighted by Crippen LogP contribution is -2.20. The van der Waals surface area contributed by atoms with E-state index in [1.807, 2.05) is 66.7 Å². The number of ether oxygens (including phenoxy) is 1. The van der Waals surface area contributed by atoms with Gasteiger partial charge in [-0.15, -0.1) is 0 Å². The molecule has 3 aromatic carbocycles. The maximum Gasteiger partial charge on any atom is 0.132 e. The highest BCUT2D eigenvalue weighted by molar-refractivity contribution is 5.72. The average Bonchev–Trinajstić information content (AvgIpc) is 2.69. The number of para-hydroxylation sites is 1. The van der Waals surface area contributed by atoms with E-state index >= 15 is 0 Å². The minimum atomic E-state index is -0.283. The Morgan fingerprint density at radius 3 is 2.20 bits per heavy atom. The Labute approximate surface area is 148 Å². The van der Waals surface area contributed by atoms with Gasteiger partial charge >= 0.3 is 0 Å². The molecular formula is C22H22NO2. The molecule has 1 atom stereocenters. The first-order valence-electron chi connectivity index (χ1n) is 8.44. The number of benzene rings is 3. The van der Waals surface area contributed by atoms with Gasteiger partial charge < -0.3 is 10.1 Å². The van der Waals surface area contributed by atoms with E-state index in [1.165, 1.54) is 0 Å². The molecule has 0 saturated carbocycles. The summed E-state index contributed by atoms with van der Waals surface area (Å²) in [4.78, 5) is 0. The van der Waals surface area contributed by atoms with Crippen LogP contribution in [-0.2, 0) is 11.7 Å². The first-order valence-corrected chi connectivity index (χ1v) is 8.44. The second kappa shape index (κ2) is 8.47. The third kappa shape index (κ3) is 4.08. The Balaban J connectivity index is 2.01. The van der Waals surface area contributed by atoms with Crippen LogP contribution in [0.15, 0.2) is 78.9 Å². The van der Waals surface area contributed by atoms with Crippen molar-refractivity contribution >= 4 is 0 Å². The largest absolute Gasteiger partial charge is 0.488 e. The van der Waals surface area contributed by atoms with Gasteiger partial charge in [0.25, 0.3) is 0 Å². The van der Waals surface area contributed by atoms with Gasteiger partial charge in [0.15, 0.2) is 0 Å². The Morgan fingerprint density at radius 2 is 1.56 bits per heavy atom. The summed E-state index contributed by atoms with van der Waals surface area (Å²) in [5.74, 6) is 0.771. The molecule has 0 aliphatic rings. The predicted molar refractivity (Wildman–Crippen MR) is 100 cm³/mol. The van der Waals surface area contributed by atoms with Crippen LogP contribution in [0.1, 0.15) is 17.2 Å². The number of hydrogen-bond acceptors (Lipinski definition) is 2. The monoisotopic (exact) mass is 332 g/mol.